The number of carbonyl (C=O) groups is 1. The predicted molar refractivity (Wildman–Crippen MR) is 62.1 cm³/mol. The van der Waals surface area contributed by atoms with Gasteiger partial charge in [-0.15, -0.1) is 0 Å². The summed E-state index contributed by atoms with van der Waals surface area (Å²) in [7, 11) is 3.10. The van der Waals surface area contributed by atoms with Crippen LogP contribution in [-0.4, -0.2) is 28.4 Å². The number of carbonyl (C=O) groups excluding carboxylic acids is 1. The van der Waals surface area contributed by atoms with Gasteiger partial charge >= 0.3 is 5.97 Å². The standard InChI is InChI=1S/C10H14N2O2S/c1-12-7-8(5-3-4-6-15)11-9(12)10(13)14-2/h3,5,7,15H,4,6H2,1-2H3. The summed E-state index contributed by atoms with van der Waals surface area (Å²) in [5, 5.41) is 0. The molecule has 0 aliphatic carbocycles. The number of nitrogens with zero attached hydrogens (tertiary/aromatic N) is 2. The number of hydrogen-bond donors (Lipinski definition) is 1. The number of aryl methyl sites for hydroxylation is 1. The van der Waals surface area contributed by atoms with Crippen LogP contribution in [-0.2, 0) is 11.8 Å². The van der Waals surface area contributed by atoms with E-state index < -0.39 is 5.97 Å². The molecule has 0 unspecified atom stereocenters. The van der Waals surface area contributed by atoms with Crippen molar-refractivity contribution in [2.45, 2.75) is 6.42 Å². The first-order valence-corrected chi connectivity index (χ1v) is 5.21. The molecule has 0 N–H and O–H groups in total. The van der Waals surface area contributed by atoms with Crippen molar-refractivity contribution in [3.8, 4) is 0 Å². The maximum absolute atomic E-state index is 11.2. The molecular formula is C10H14N2O2S. The molecule has 4 nitrogen and oxygen atoms in total. The molecule has 15 heavy (non-hydrogen) atoms. The van der Waals surface area contributed by atoms with E-state index in [-0.39, 0.29) is 0 Å². The van der Waals surface area contributed by atoms with E-state index in [1.807, 2.05) is 12.2 Å². The van der Waals surface area contributed by atoms with E-state index in [1.165, 1.54) is 7.11 Å². The number of allylic oxidation sites excluding steroid dienone is 1. The van der Waals surface area contributed by atoms with Crippen LogP contribution in [0.5, 0.6) is 0 Å². The Labute approximate surface area is 94.4 Å². The Hall–Kier alpha value is -1.23. The van der Waals surface area contributed by atoms with Crippen molar-refractivity contribution in [3.05, 3.63) is 23.8 Å². The summed E-state index contributed by atoms with van der Waals surface area (Å²) in [6.45, 7) is 0. The summed E-state index contributed by atoms with van der Waals surface area (Å²) in [6, 6.07) is 0. The van der Waals surface area contributed by atoms with Gasteiger partial charge in [0, 0.05) is 13.2 Å². The topological polar surface area (TPSA) is 44.1 Å². The molecule has 0 fully saturated rings. The molecular weight excluding hydrogens is 212 g/mol. The third-order valence-electron chi connectivity index (χ3n) is 1.85. The van der Waals surface area contributed by atoms with Gasteiger partial charge in [-0.2, -0.15) is 12.6 Å². The van der Waals surface area contributed by atoms with Crippen LogP contribution in [0.1, 0.15) is 22.7 Å². The molecule has 0 atom stereocenters. The summed E-state index contributed by atoms with van der Waals surface area (Å²) in [6.07, 6.45) is 6.49. The minimum Gasteiger partial charge on any atom is -0.463 e. The Morgan fingerprint density at radius 2 is 2.47 bits per heavy atom. The van der Waals surface area contributed by atoms with Crippen molar-refractivity contribution in [2.24, 2.45) is 7.05 Å². The Bertz CT molecular complexity index is 371. The normalized spacial score (nSPS) is 10.9. The molecule has 5 heteroatoms. The monoisotopic (exact) mass is 226 g/mol. The highest BCUT2D eigenvalue weighted by molar-refractivity contribution is 7.80. The first-order valence-electron chi connectivity index (χ1n) is 4.58. The van der Waals surface area contributed by atoms with Gasteiger partial charge < -0.3 is 9.30 Å². The third-order valence-corrected chi connectivity index (χ3v) is 2.11. The van der Waals surface area contributed by atoms with E-state index in [2.05, 4.69) is 22.3 Å². The molecule has 1 heterocycles. The van der Waals surface area contributed by atoms with E-state index in [0.717, 1.165) is 17.9 Å². The largest absolute Gasteiger partial charge is 0.463 e. The van der Waals surface area contributed by atoms with Gasteiger partial charge in [0.1, 0.15) is 0 Å². The van der Waals surface area contributed by atoms with Crippen LogP contribution in [0.4, 0.5) is 0 Å². The minimum absolute atomic E-state index is 0.308. The number of hydrogen-bond acceptors (Lipinski definition) is 4. The maximum Gasteiger partial charge on any atom is 0.374 e. The second kappa shape index (κ2) is 5.60. The number of methoxy groups -OCH3 is 1. The molecule has 1 aromatic heterocycles. The third kappa shape index (κ3) is 3.13. The molecule has 0 spiro atoms. The Morgan fingerprint density at radius 3 is 3.07 bits per heavy atom. The van der Waals surface area contributed by atoms with Gasteiger partial charge in [0.25, 0.3) is 0 Å². The van der Waals surface area contributed by atoms with E-state index in [9.17, 15) is 4.79 Å². The summed E-state index contributed by atoms with van der Waals surface area (Å²) in [5.41, 5.74) is 0.750. The minimum atomic E-state index is -0.425. The highest BCUT2D eigenvalue weighted by Crippen LogP contribution is 2.05. The van der Waals surface area contributed by atoms with Crippen LogP contribution >= 0.6 is 12.6 Å². The van der Waals surface area contributed by atoms with E-state index in [1.54, 1.807) is 17.8 Å². The van der Waals surface area contributed by atoms with Gasteiger partial charge in [-0.1, -0.05) is 6.08 Å². The van der Waals surface area contributed by atoms with Gasteiger partial charge in [-0.25, -0.2) is 9.78 Å². The number of thiol groups is 1. The smallest absolute Gasteiger partial charge is 0.374 e. The average molecular weight is 226 g/mol. The van der Waals surface area contributed by atoms with Crippen LogP contribution in [0.25, 0.3) is 6.08 Å². The van der Waals surface area contributed by atoms with E-state index in [4.69, 9.17) is 0 Å². The molecule has 0 radical (unpaired) electrons. The Morgan fingerprint density at radius 1 is 1.73 bits per heavy atom. The zero-order valence-corrected chi connectivity index (χ0v) is 9.70. The number of aromatic nitrogens is 2. The number of imidazole rings is 1. The molecule has 0 bridgehead atoms. The summed E-state index contributed by atoms with van der Waals surface area (Å²) >= 11 is 4.09. The number of rotatable bonds is 4. The van der Waals surface area contributed by atoms with Crippen LogP contribution in [0.3, 0.4) is 0 Å². The van der Waals surface area contributed by atoms with Gasteiger partial charge in [0.2, 0.25) is 5.82 Å². The molecule has 0 aliphatic heterocycles. The predicted octanol–water partition coefficient (Wildman–Crippen LogP) is 1.54. The van der Waals surface area contributed by atoms with Crippen molar-refractivity contribution < 1.29 is 9.53 Å². The molecule has 0 saturated heterocycles. The molecule has 1 rings (SSSR count). The molecule has 82 valence electrons. The maximum atomic E-state index is 11.2. The molecule has 0 saturated carbocycles. The zero-order chi connectivity index (χ0) is 11.3. The van der Waals surface area contributed by atoms with Crippen molar-refractivity contribution in [2.75, 3.05) is 12.9 Å². The summed E-state index contributed by atoms with van der Waals surface area (Å²) in [4.78, 5) is 15.4. The lowest BCUT2D eigenvalue weighted by molar-refractivity contribution is 0.0583. The first kappa shape index (κ1) is 11.8. The lowest BCUT2D eigenvalue weighted by Gasteiger charge is -1.96. The number of esters is 1. The highest BCUT2D eigenvalue weighted by atomic mass is 32.1. The first-order chi connectivity index (χ1) is 7.19. The molecule has 0 aliphatic rings. The molecule has 0 aromatic carbocycles. The van der Waals surface area contributed by atoms with Crippen LogP contribution < -0.4 is 0 Å². The fraction of sp³-hybridized carbons (Fsp3) is 0.400. The van der Waals surface area contributed by atoms with Crippen LogP contribution in [0.15, 0.2) is 12.3 Å². The Balaban J connectivity index is 2.81. The number of ether oxygens (including phenoxy) is 1. The zero-order valence-electron chi connectivity index (χ0n) is 8.80. The van der Waals surface area contributed by atoms with Crippen molar-refractivity contribution >= 4 is 24.7 Å². The van der Waals surface area contributed by atoms with Gasteiger partial charge in [-0.05, 0) is 18.2 Å². The van der Waals surface area contributed by atoms with Crippen molar-refractivity contribution in [1.82, 2.24) is 9.55 Å². The van der Waals surface area contributed by atoms with E-state index >= 15 is 0 Å². The molecule has 1 aromatic rings. The van der Waals surface area contributed by atoms with Gasteiger partial charge in [0.15, 0.2) is 0 Å². The van der Waals surface area contributed by atoms with Crippen molar-refractivity contribution in [1.29, 1.82) is 0 Å². The van der Waals surface area contributed by atoms with Crippen molar-refractivity contribution in [3.63, 3.8) is 0 Å². The van der Waals surface area contributed by atoms with Crippen LogP contribution in [0, 0.1) is 0 Å². The highest BCUT2D eigenvalue weighted by Gasteiger charge is 2.12. The SMILES string of the molecule is COC(=O)c1nc(C=CCCS)cn1C. The summed E-state index contributed by atoms with van der Waals surface area (Å²) < 4.78 is 6.24. The fourth-order valence-corrected chi connectivity index (χ4v) is 1.28. The van der Waals surface area contributed by atoms with E-state index in [0.29, 0.717) is 5.82 Å². The second-order valence-corrected chi connectivity index (χ2v) is 3.45. The lowest BCUT2D eigenvalue weighted by atomic mass is 10.3. The van der Waals surface area contributed by atoms with Crippen LogP contribution in [0.2, 0.25) is 0 Å². The van der Waals surface area contributed by atoms with Gasteiger partial charge in [-0.3, -0.25) is 0 Å². The Kier molecular flexibility index (Phi) is 4.42. The van der Waals surface area contributed by atoms with Gasteiger partial charge in [0.05, 0.1) is 12.8 Å². The quantitative estimate of drug-likeness (QED) is 0.625. The second-order valence-electron chi connectivity index (χ2n) is 3.01. The summed E-state index contributed by atoms with van der Waals surface area (Å²) in [5.74, 6) is 0.682. The molecule has 0 amide bonds. The lowest BCUT2D eigenvalue weighted by Crippen LogP contribution is -2.08. The fourth-order valence-electron chi connectivity index (χ4n) is 1.13. The average Bonchev–Trinajstić information content (AvgIpc) is 2.59.